The van der Waals surface area contributed by atoms with Crippen molar-refractivity contribution in [2.24, 2.45) is 0 Å². The van der Waals surface area contributed by atoms with Gasteiger partial charge >= 0.3 is 0 Å². The van der Waals surface area contributed by atoms with Gasteiger partial charge in [-0.05, 0) is 25.8 Å². The molecule has 2 fully saturated rings. The molecule has 2 unspecified atom stereocenters. The van der Waals surface area contributed by atoms with Crippen molar-refractivity contribution >= 4 is 17.4 Å². The second-order valence-electron chi connectivity index (χ2n) is 7.69. The smallest absolute Gasteiger partial charge is 0.295 e. The molecule has 156 valence electrons. The molecule has 0 saturated carbocycles. The van der Waals surface area contributed by atoms with E-state index >= 15 is 0 Å². The fourth-order valence-electron chi connectivity index (χ4n) is 4.16. The summed E-state index contributed by atoms with van der Waals surface area (Å²) in [7, 11) is 1.55. The number of amides is 1. The van der Waals surface area contributed by atoms with Crippen molar-refractivity contribution in [1.29, 1.82) is 0 Å². The lowest BCUT2D eigenvalue weighted by atomic mass is 9.94. The summed E-state index contributed by atoms with van der Waals surface area (Å²) < 4.78 is 11.2. The lowest BCUT2D eigenvalue weighted by molar-refractivity contribution is -0.140. The van der Waals surface area contributed by atoms with Gasteiger partial charge < -0.3 is 19.5 Å². The molecule has 0 radical (unpaired) electrons. The zero-order valence-corrected chi connectivity index (χ0v) is 17.1. The number of aliphatic hydroxyl groups excluding tert-OH is 1. The first-order valence-electron chi connectivity index (χ1n) is 10.1. The minimum Gasteiger partial charge on any atom is -0.507 e. The number of hydrogen-bond acceptors (Lipinski definition) is 5. The van der Waals surface area contributed by atoms with E-state index in [1.807, 2.05) is 37.3 Å². The van der Waals surface area contributed by atoms with E-state index in [-0.39, 0.29) is 24.0 Å². The number of rotatable bonds is 5. The average molecular weight is 407 g/mol. The summed E-state index contributed by atoms with van der Waals surface area (Å²) in [6.45, 7) is 2.88. The molecule has 1 N–H and O–H groups in total. The minimum atomic E-state index is -0.744. The molecule has 1 amide bonds. The SMILES string of the molecule is COc1ccccc1C1/C(=C(/O)c2ccc(C)cc2)C(=O)C(=O)N1CC1CCCO1. The number of hydrogen-bond donors (Lipinski definition) is 1. The summed E-state index contributed by atoms with van der Waals surface area (Å²) in [5.41, 5.74) is 2.26. The van der Waals surface area contributed by atoms with E-state index in [2.05, 4.69) is 0 Å². The van der Waals surface area contributed by atoms with Crippen molar-refractivity contribution in [2.45, 2.75) is 31.9 Å². The number of aliphatic hydroxyl groups is 1. The summed E-state index contributed by atoms with van der Waals surface area (Å²) in [5, 5.41) is 11.1. The molecule has 0 bridgehead atoms. The highest BCUT2D eigenvalue weighted by atomic mass is 16.5. The van der Waals surface area contributed by atoms with Gasteiger partial charge in [0.15, 0.2) is 0 Å². The van der Waals surface area contributed by atoms with E-state index in [0.29, 0.717) is 23.5 Å². The summed E-state index contributed by atoms with van der Waals surface area (Å²) >= 11 is 0. The number of carbonyl (C=O) groups excluding carboxylic acids is 2. The first kappa shape index (κ1) is 20.2. The molecule has 2 aliphatic heterocycles. The number of ketones is 1. The monoisotopic (exact) mass is 407 g/mol. The van der Waals surface area contributed by atoms with E-state index in [4.69, 9.17) is 9.47 Å². The molecule has 2 atom stereocenters. The number of benzene rings is 2. The van der Waals surface area contributed by atoms with Crippen LogP contribution in [0.3, 0.4) is 0 Å². The quantitative estimate of drug-likeness (QED) is 0.466. The zero-order chi connectivity index (χ0) is 21.3. The molecule has 2 aliphatic rings. The van der Waals surface area contributed by atoms with Gasteiger partial charge in [-0.2, -0.15) is 0 Å². The van der Waals surface area contributed by atoms with Crippen molar-refractivity contribution < 1.29 is 24.2 Å². The number of aryl methyl sites for hydroxylation is 1. The fourth-order valence-corrected chi connectivity index (χ4v) is 4.16. The Morgan fingerprint density at radius 3 is 2.57 bits per heavy atom. The fraction of sp³-hybridized carbons (Fsp3) is 0.333. The number of likely N-dealkylation sites (tertiary alicyclic amines) is 1. The Balaban J connectivity index is 1.86. The van der Waals surface area contributed by atoms with Gasteiger partial charge in [0.25, 0.3) is 11.7 Å². The first-order valence-corrected chi connectivity index (χ1v) is 10.1. The van der Waals surface area contributed by atoms with Crippen LogP contribution in [0.25, 0.3) is 5.76 Å². The average Bonchev–Trinajstić information content (AvgIpc) is 3.36. The Hall–Kier alpha value is -3.12. The molecule has 30 heavy (non-hydrogen) atoms. The number of carbonyl (C=O) groups is 2. The molecule has 2 heterocycles. The highest BCUT2D eigenvalue weighted by Crippen LogP contribution is 2.43. The summed E-state index contributed by atoms with van der Waals surface area (Å²) in [4.78, 5) is 27.6. The van der Waals surface area contributed by atoms with E-state index in [1.54, 1.807) is 25.3 Å². The number of nitrogens with zero attached hydrogens (tertiary/aromatic N) is 1. The third kappa shape index (κ3) is 3.59. The van der Waals surface area contributed by atoms with Crippen LogP contribution in [0, 0.1) is 6.92 Å². The zero-order valence-electron chi connectivity index (χ0n) is 17.1. The van der Waals surface area contributed by atoms with Crippen molar-refractivity contribution in [3.05, 3.63) is 70.8 Å². The van der Waals surface area contributed by atoms with Gasteiger partial charge in [-0.1, -0.05) is 48.0 Å². The van der Waals surface area contributed by atoms with Crippen LogP contribution in [0.5, 0.6) is 5.75 Å². The third-order valence-electron chi connectivity index (χ3n) is 5.72. The normalized spacial score (nSPS) is 23.2. The summed E-state index contributed by atoms with van der Waals surface area (Å²) in [5.74, 6) is -0.951. The molecular weight excluding hydrogens is 382 g/mol. The Labute approximate surface area is 175 Å². The third-order valence-corrected chi connectivity index (χ3v) is 5.72. The standard InChI is InChI=1S/C24H25NO5/c1-15-9-11-16(12-10-15)22(26)20-21(18-7-3-4-8-19(18)29-2)25(24(28)23(20)27)14-17-6-5-13-30-17/h3-4,7-12,17,21,26H,5-6,13-14H2,1-2H3/b22-20-. The van der Waals surface area contributed by atoms with Crippen molar-refractivity contribution in [1.82, 2.24) is 4.90 Å². The lowest BCUT2D eigenvalue weighted by Gasteiger charge is -2.28. The molecule has 2 aromatic rings. The van der Waals surface area contributed by atoms with Crippen molar-refractivity contribution in [3.63, 3.8) is 0 Å². The van der Waals surface area contributed by atoms with E-state index in [9.17, 15) is 14.7 Å². The summed E-state index contributed by atoms with van der Waals surface area (Å²) in [6, 6.07) is 13.7. The molecule has 0 spiro atoms. The van der Waals surface area contributed by atoms with Gasteiger partial charge in [0.05, 0.1) is 24.8 Å². The molecule has 4 rings (SSSR count). The maximum absolute atomic E-state index is 13.1. The highest BCUT2D eigenvalue weighted by Gasteiger charge is 2.47. The van der Waals surface area contributed by atoms with Crippen molar-refractivity contribution in [3.8, 4) is 5.75 Å². The topological polar surface area (TPSA) is 76.1 Å². The van der Waals surface area contributed by atoms with Gasteiger partial charge in [-0.25, -0.2) is 0 Å². The van der Waals surface area contributed by atoms with Gasteiger partial charge in [-0.3, -0.25) is 9.59 Å². The van der Waals surface area contributed by atoms with Crippen molar-refractivity contribution in [2.75, 3.05) is 20.3 Å². The Morgan fingerprint density at radius 2 is 1.90 bits per heavy atom. The Morgan fingerprint density at radius 1 is 1.17 bits per heavy atom. The molecule has 6 heteroatoms. The van der Waals surface area contributed by atoms with Crippen LogP contribution < -0.4 is 4.74 Å². The van der Waals surface area contributed by atoms with Crippen LogP contribution in [-0.2, 0) is 14.3 Å². The number of ether oxygens (including phenoxy) is 2. The minimum absolute atomic E-state index is 0.0753. The van der Waals surface area contributed by atoms with E-state index in [1.165, 1.54) is 4.90 Å². The number of methoxy groups -OCH3 is 1. The van der Waals surface area contributed by atoms with Crippen LogP contribution in [0.2, 0.25) is 0 Å². The largest absolute Gasteiger partial charge is 0.507 e. The molecule has 0 aliphatic carbocycles. The molecule has 2 aromatic carbocycles. The molecule has 6 nitrogen and oxygen atoms in total. The van der Waals surface area contributed by atoms with Crippen LogP contribution in [0.4, 0.5) is 0 Å². The number of Topliss-reactive ketones (excluding diaryl/α,β-unsaturated/α-hetero) is 1. The highest BCUT2D eigenvalue weighted by molar-refractivity contribution is 6.46. The van der Waals surface area contributed by atoms with Gasteiger partial charge in [-0.15, -0.1) is 0 Å². The van der Waals surface area contributed by atoms with Gasteiger partial charge in [0.2, 0.25) is 0 Å². The first-order chi connectivity index (χ1) is 14.5. The van der Waals surface area contributed by atoms with Gasteiger partial charge in [0, 0.05) is 24.3 Å². The van der Waals surface area contributed by atoms with Crippen LogP contribution in [0.15, 0.2) is 54.1 Å². The Bertz CT molecular complexity index is 989. The Kier molecular flexibility index (Phi) is 5.59. The lowest BCUT2D eigenvalue weighted by Crippen LogP contribution is -2.36. The second kappa shape index (κ2) is 8.32. The molecule has 2 saturated heterocycles. The summed E-state index contributed by atoms with van der Waals surface area (Å²) in [6.07, 6.45) is 1.64. The predicted molar refractivity (Wildman–Crippen MR) is 112 cm³/mol. The molecule has 0 aromatic heterocycles. The van der Waals surface area contributed by atoms with Crippen LogP contribution in [0.1, 0.15) is 35.6 Å². The number of para-hydroxylation sites is 1. The second-order valence-corrected chi connectivity index (χ2v) is 7.69. The van der Waals surface area contributed by atoms with Crippen LogP contribution >= 0.6 is 0 Å². The van der Waals surface area contributed by atoms with Gasteiger partial charge in [0.1, 0.15) is 11.5 Å². The predicted octanol–water partition coefficient (Wildman–Crippen LogP) is 3.60. The maximum atomic E-state index is 13.1. The van der Waals surface area contributed by atoms with E-state index < -0.39 is 17.7 Å². The maximum Gasteiger partial charge on any atom is 0.295 e. The van der Waals surface area contributed by atoms with E-state index in [0.717, 1.165) is 18.4 Å². The molecular formula is C24H25NO5. The van der Waals surface area contributed by atoms with Crippen LogP contribution in [-0.4, -0.2) is 48.1 Å².